The van der Waals surface area contributed by atoms with E-state index >= 15 is 0 Å². The summed E-state index contributed by atoms with van der Waals surface area (Å²) in [5.74, 6) is -0.163. The highest BCUT2D eigenvalue weighted by atomic mass is 16.2. The Bertz CT molecular complexity index is 563. The quantitative estimate of drug-likeness (QED) is 0.896. The van der Waals surface area contributed by atoms with Gasteiger partial charge in [0.05, 0.1) is 6.04 Å². The molecular weight excluding hydrogens is 248 g/mol. The largest absolute Gasteiger partial charge is 0.348 e. The van der Waals surface area contributed by atoms with E-state index in [1.807, 2.05) is 68.4 Å². The molecule has 0 radical (unpaired) electrons. The predicted molar refractivity (Wildman–Crippen MR) is 81.1 cm³/mol. The maximum atomic E-state index is 12.2. The Labute approximate surface area is 119 Å². The summed E-state index contributed by atoms with van der Waals surface area (Å²) in [6, 6.07) is 16.8. The van der Waals surface area contributed by atoms with Gasteiger partial charge in [-0.05, 0) is 25.0 Å². The molecule has 0 aromatic heterocycles. The maximum Gasteiger partial charge on any atom is 0.241 e. The van der Waals surface area contributed by atoms with Gasteiger partial charge in [-0.15, -0.1) is 0 Å². The van der Waals surface area contributed by atoms with E-state index in [0.717, 1.165) is 11.1 Å². The van der Waals surface area contributed by atoms with Crippen LogP contribution in [0.15, 0.2) is 54.6 Å². The van der Waals surface area contributed by atoms with Crippen LogP contribution in [-0.2, 0) is 4.79 Å². The number of nitrogens with two attached hydrogens (primary N) is 1. The van der Waals surface area contributed by atoms with Crippen molar-refractivity contribution in [1.29, 1.82) is 0 Å². The van der Waals surface area contributed by atoms with Gasteiger partial charge in [0.2, 0.25) is 5.91 Å². The Hall–Kier alpha value is -2.13. The molecule has 0 saturated heterocycles. The summed E-state index contributed by atoms with van der Waals surface area (Å²) in [5.41, 5.74) is 9.07. The van der Waals surface area contributed by atoms with Crippen LogP contribution >= 0.6 is 0 Å². The highest BCUT2D eigenvalue weighted by molar-refractivity contribution is 5.83. The molecule has 3 nitrogen and oxygen atoms in total. The minimum atomic E-state index is -0.635. The first kappa shape index (κ1) is 14.3. The average Bonchev–Trinajstić information content (AvgIpc) is 2.48. The SMILES string of the molecule is Cc1ccc([C@H](C)NC(=O)[C@H](N)c2ccccc2)cc1. The third-order valence-electron chi connectivity index (χ3n) is 3.38. The molecule has 2 rings (SSSR count). The minimum Gasteiger partial charge on any atom is -0.348 e. The fourth-order valence-corrected chi connectivity index (χ4v) is 2.05. The van der Waals surface area contributed by atoms with E-state index in [4.69, 9.17) is 5.73 Å². The Morgan fingerprint density at radius 1 is 1.00 bits per heavy atom. The van der Waals surface area contributed by atoms with Gasteiger partial charge in [0.1, 0.15) is 6.04 Å². The maximum absolute atomic E-state index is 12.2. The number of benzene rings is 2. The highest BCUT2D eigenvalue weighted by Gasteiger charge is 2.17. The van der Waals surface area contributed by atoms with Gasteiger partial charge in [0.15, 0.2) is 0 Å². The van der Waals surface area contributed by atoms with Gasteiger partial charge < -0.3 is 11.1 Å². The van der Waals surface area contributed by atoms with E-state index in [9.17, 15) is 4.79 Å². The number of carbonyl (C=O) groups is 1. The van der Waals surface area contributed by atoms with Crippen LogP contribution in [0.4, 0.5) is 0 Å². The first-order valence-electron chi connectivity index (χ1n) is 6.75. The van der Waals surface area contributed by atoms with Crippen LogP contribution in [0, 0.1) is 6.92 Å². The molecule has 3 heteroatoms. The summed E-state index contributed by atoms with van der Waals surface area (Å²) >= 11 is 0. The second kappa shape index (κ2) is 6.35. The minimum absolute atomic E-state index is 0.0575. The lowest BCUT2D eigenvalue weighted by Gasteiger charge is -2.18. The van der Waals surface area contributed by atoms with Gasteiger partial charge >= 0.3 is 0 Å². The van der Waals surface area contributed by atoms with Crippen molar-refractivity contribution in [3.8, 4) is 0 Å². The number of hydrogen-bond acceptors (Lipinski definition) is 2. The normalized spacial score (nSPS) is 13.6. The lowest BCUT2D eigenvalue weighted by Crippen LogP contribution is -2.35. The molecule has 0 bridgehead atoms. The summed E-state index contributed by atoms with van der Waals surface area (Å²) in [4.78, 5) is 12.2. The number of aryl methyl sites for hydroxylation is 1. The number of carbonyl (C=O) groups excluding carboxylic acids is 1. The first-order valence-corrected chi connectivity index (χ1v) is 6.75. The second-order valence-corrected chi connectivity index (χ2v) is 5.03. The van der Waals surface area contributed by atoms with Gasteiger partial charge in [-0.2, -0.15) is 0 Å². The topological polar surface area (TPSA) is 55.1 Å². The van der Waals surface area contributed by atoms with E-state index < -0.39 is 6.04 Å². The zero-order valence-corrected chi connectivity index (χ0v) is 11.8. The molecule has 2 atom stereocenters. The molecule has 0 heterocycles. The monoisotopic (exact) mass is 268 g/mol. The zero-order valence-electron chi connectivity index (χ0n) is 11.8. The lowest BCUT2D eigenvalue weighted by atomic mass is 10.0. The summed E-state index contributed by atoms with van der Waals surface area (Å²) in [6.07, 6.45) is 0. The standard InChI is InChI=1S/C17H20N2O/c1-12-8-10-14(11-9-12)13(2)19-17(20)16(18)15-6-4-3-5-7-15/h3-11,13,16H,18H2,1-2H3,(H,19,20)/t13-,16+/m0/s1. The van der Waals surface area contributed by atoms with E-state index in [2.05, 4.69) is 5.32 Å². The van der Waals surface area contributed by atoms with Crippen molar-refractivity contribution in [2.75, 3.05) is 0 Å². The molecular formula is C17H20N2O. The molecule has 0 aliphatic carbocycles. The number of hydrogen-bond donors (Lipinski definition) is 2. The van der Waals surface area contributed by atoms with Crippen molar-refractivity contribution in [2.45, 2.75) is 25.9 Å². The molecule has 0 aliphatic heterocycles. The van der Waals surface area contributed by atoms with Gasteiger partial charge in [-0.25, -0.2) is 0 Å². The summed E-state index contributed by atoms with van der Waals surface area (Å²) in [7, 11) is 0. The molecule has 0 spiro atoms. The Morgan fingerprint density at radius 2 is 1.60 bits per heavy atom. The average molecular weight is 268 g/mol. The summed E-state index contributed by atoms with van der Waals surface area (Å²) in [6.45, 7) is 4.00. The lowest BCUT2D eigenvalue weighted by molar-refractivity contribution is -0.123. The van der Waals surface area contributed by atoms with Gasteiger partial charge in [0, 0.05) is 0 Å². The number of amides is 1. The molecule has 2 aromatic rings. The van der Waals surface area contributed by atoms with Crippen molar-refractivity contribution in [1.82, 2.24) is 5.32 Å². The highest BCUT2D eigenvalue weighted by Crippen LogP contribution is 2.15. The van der Waals surface area contributed by atoms with Crippen LogP contribution in [0.1, 0.15) is 35.7 Å². The molecule has 2 aromatic carbocycles. The van der Waals surface area contributed by atoms with Gasteiger partial charge in [0.25, 0.3) is 0 Å². The van der Waals surface area contributed by atoms with Crippen molar-refractivity contribution in [2.24, 2.45) is 5.73 Å². The number of rotatable bonds is 4. The Balaban J connectivity index is 2.02. The Morgan fingerprint density at radius 3 is 2.20 bits per heavy atom. The zero-order chi connectivity index (χ0) is 14.5. The third kappa shape index (κ3) is 3.45. The van der Waals surface area contributed by atoms with Crippen LogP contribution < -0.4 is 11.1 Å². The van der Waals surface area contributed by atoms with Gasteiger partial charge in [-0.1, -0.05) is 60.2 Å². The molecule has 20 heavy (non-hydrogen) atoms. The van der Waals surface area contributed by atoms with Crippen LogP contribution in [0.3, 0.4) is 0 Å². The second-order valence-electron chi connectivity index (χ2n) is 5.03. The fourth-order valence-electron chi connectivity index (χ4n) is 2.05. The van der Waals surface area contributed by atoms with Crippen molar-refractivity contribution in [3.05, 3.63) is 71.3 Å². The van der Waals surface area contributed by atoms with Crippen LogP contribution in [0.2, 0.25) is 0 Å². The first-order chi connectivity index (χ1) is 9.58. The Kier molecular flexibility index (Phi) is 4.53. The van der Waals surface area contributed by atoms with Gasteiger partial charge in [-0.3, -0.25) is 4.79 Å². The molecule has 0 aliphatic rings. The van der Waals surface area contributed by atoms with Crippen LogP contribution in [0.5, 0.6) is 0 Å². The van der Waals surface area contributed by atoms with E-state index in [0.29, 0.717) is 0 Å². The van der Waals surface area contributed by atoms with Crippen LogP contribution in [-0.4, -0.2) is 5.91 Å². The molecule has 0 unspecified atom stereocenters. The molecule has 0 fully saturated rings. The predicted octanol–water partition coefficient (Wildman–Crippen LogP) is 2.87. The summed E-state index contributed by atoms with van der Waals surface area (Å²) in [5, 5.41) is 2.95. The van der Waals surface area contributed by atoms with Crippen molar-refractivity contribution >= 4 is 5.91 Å². The van der Waals surface area contributed by atoms with Crippen molar-refractivity contribution in [3.63, 3.8) is 0 Å². The van der Waals surface area contributed by atoms with Crippen LogP contribution in [0.25, 0.3) is 0 Å². The molecule has 104 valence electrons. The molecule has 3 N–H and O–H groups in total. The fraction of sp³-hybridized carbons (Fsp3) is 0.235. The van der Waals surface area contributed by atoms with E-state index in [-0.39, 0.29) is 11.9 Å². The third-order valence-corrected chi connectivity index (χ3v) is 3.38. The summed E-state index contributed by atoms with van der Waals surface area (Å²) < 4.78 is 0. The smallest absolute Gasteiger partial charge is 0.241 e. The molecule has 1 amide bonds. The van der Waals surface area contributed by atoms with E-state index in [1.54, 1.807) is 0 Å². The number of nitrogens with one attached hydrogen (secondary N) is 1. The molecule has 0 saturated carbocycles. The van der Waals surface area contributed by atoms with E-state index in [1.165, 1.54) is 5.56 Å². The van der Waals surface area contributed by atoms with Crippen molar-refractivity contribution < 1.29 is 4.79 Å².